The summed E-state index contributed by atoms with van der Waals surface area (Å²) in [6, 6.07) is 8.03. The van der Waals surface area contributed by atoms with Crippen LogP contribution in [0, 0.1) is 17.5 Å². The van der Waals surface area contributed by atoms with Crippen LogP contribution in [0.4, 0.5) is 13.2 Å². The quantitative estimate of drug-likeness (QED) is 0.869. The highest BCUT2D eigenvalue weighted by atomic mass is 35.5. The van der Waals surface area contributed by atoms with Crippen LogP contribution in [-0.2, 0) is 6.54 Å². The fraction of sp³-hybridized carbons (Fsp3) is 0.200. The molecule has 0 aliphatic carbocycles. The van der Waals surface area contributed by atoms with Crippen molar-refractivity contribution in [2.75, 3.05) is 0 Å². The van der Waals surface area contributed by atoms with E-state index < -0.39 is 17.5 Å². The van der Waals surface area contributed by atoms with Crippen molar-refractivity contribution >= 4 is 11.6 Å². The molecule has 0 spiro atoms. The van der Waals surface area contributed by atoms with Gasteiger partial charge in [0, 0.05) is 18.2 Å². The van der Waals surface area contributed by atoms with E-state index in [2.05, 4.69) is 5.32 Å². The summed E-state index contributed by atoms with van der Waals surface area (Å²) in [5.41, 5.74) is 1.01. The predicted octanol–water partition coefficient (Wildman–Crippen LogP) is 4.61. The Bertz CT molecular complexity index is 616. The second kappa shape index (κ2) is 6.29. The molecule has 0 radical (unpaired) electrons. The minimum absolute atomic E-state index is 0.0360. The van der Waals surface area contributed by atoms with Crippen LogP contribution in [0.25, 0.3) is 0 Å². The van der Waals surface area contributed by atoms with Gasteiger partial charge in [0.05, 0.1) is 5.02 Å². The summed E-state index contributed by atoms with van der Waals surface area (Å²) in [4.78, 5) is 0. The van der Waals surface area contributed by atoms with Crippen molar-refractivity contribution in [2.45, 2.75) is 19.5 Å². The minimum atomic E-state index is -0.874. The van der Waals surface area contributed by atoms with E-state index in [1.54, 1.807) is 13.0 Å². The molecule has 1 nitrogen and oxygen atoms in total. The van der Waals surface area contributed by atoms with Crippen LogP contribution < -0.4 is 5.32 Å². The van der Waals surface area contributed by atoms with E-state index in [-0.39, 0.29) is 16.6 Å². The Balaban J connectivity index is 2.06. The molecule has 0 aliphatic heterocycles. The molecule has 2 aromatic carbocycles. The molecule has 0 amide bonds. The lowest BCUT2D eigenvalue weighted by Gasteiger charge is -2.15. The zero-order valence-corrected chi connectivity index (χ0v) is 11.5. The zero-order chi connectivity index (χ0) is 14.7. The second-order valence-electron chi connectivity index (χ2n) is 4.49. The summed E-state index contributed by atoms with van der Waals surface area (Å²) in [6.45, 7) is 2.10. The van der Waals surface area contributed by atoms with Crippen LogP contribution in [0.5, 0.6) is 0 Å². The maximum absolute atomic E-state index is 13.6. The molecule has 0 aliphatic rings. The second-order valence-corrected chi connectivity index (χ2v) is 4.90. The number of halogens is 4. The first-order valence-electron chi connectivity index (χ1n) is 6.10. The molecule has 0 saturated heterocycles. The Morgan fingerprint density at radius 2 is 1.85 bits per heavy atom. The van der Waals surface area contributed by atoms with Gasteiger partial charge in [-0.25, -0.2) is 13.2 Å². The highest BCUT2D eigenvalue weighted by Crippen LogP contribution is 2.20. The Labute approximate surface area is 120 Å². The van der Waals surface area contributed by atoms with Crippen LogP contribution >= 0.6 is 11.6 Å². The molecule has 106 valence electrons. The van der Waals surface area contributed by atoms with Crippen LogP contribution in [0.1, 0.15) is 24.1 Å². The lowest BCUT2D eigenvalue weighted by molar-refractivity contribution is 0.472. The van der Waals surface area contributed by atoms with Crippen molar-refractivity contribution in [2.24, 2.45) is 0 Å². The molecule has 2 rings (SSSR count). The predicted molar refractivity (Wildman–Crippen MR) is 73.0 cm³/mol. The van der Waals surface area contributed by atoms with E-state index in [0.717, 1.165) is 11.6 Å². The fourth-order valence-corrected chi connectivity index (χ4v) is 2.09. The summed E-state index contributed by atoms with van der Waals surface area (Å²) in [6.07, 6.45) is 0. The Hall–Kier alpha value is -1.52. The highest BCUT2D eigenvalue weighted by molar-refractivity contribution is 6.30. The number of hydrogen-bond acceptors (Lipinski definition) is 1. The van der Waals surface area contributed by atoms with Gasteiger partial charge in [-0.3, -0.25) is 0 Å². The third-order valence-corrected chi connectivity index (χ3v) is 3.33. The molecule has 0 bridgehead atoms. The maximum Gasteiger partial charge on any atom is 0.163 e. The maximum atomic E-state index is 13.6. The van der Waals surface area contributed by atoms with Gasteiger partial charge in [-0.05, 0) is 30.7 Å². The van der Waals surface area contributed by atoms with Crippen molar-refractivity contribution in [1.82, 2.24) is 5.32 Å². The highest BCUT2D eigenvalue weighted by Gasteiger charge is 2.13. The van der Waals surface area contributed by atoms with Crippen LogP contribution in [0.3, 0.4) is 0 Å². The topological polar surface area (TPSA) is 12.0 Å². The van der Waals surface area contributed by atoms with E-state index in [1.807, 2.05) is 0 Å². The van der Waals surface area contributed by atoms with Crippen molar-refractivity contribution < 1.29 is 13.2 Å². The summed E-state index contributed by atoms with van der Waals surface area (Å²) in [5.74, 6) is -2.22. The Kier molecular flexibility index (Phi) is 4.68. The molecule has 0 aromatic heterocycles. The van der Waals surface area contributed by atoms with E-state index in [0.29, 0.717) is 6.54 Å². The van der Waals surface area contributed by atoms with Crippen molar-refractivity contribution in [3.05, 3.63) is 70.0 Å². The molecular weight excluding hydrogens is 287 g/mol. The molecule has 20 heavy (non-hydrogen) atoms. The summed E-state index contributed by atoms with van der Waals surface area (Å²) in [5, 5.41) is 3.08. The smallest absolute Gasteiger partial charge is 0.163 e. The van der Waals surface area contributed by atoms with E-state index in [1.165, 1.54) is 24.3 Å². The molecular formula is C15H13ClF3N. The summed E-state index contributed by atoms with van der Waals surface area (Å²) < 4.78 is 39.8. The van der Waals surface area contributed by atoms with E-state index in [4.69, 9.17) is 11.6 Å². The minimum Gasteiger partial charge on any atom is -0.306 e. The van der Waals surface area contributed by atoms with E-state index >= 15 is 0 Å². The van der Waals surface area contributed by atoms with Gasteiger partial charge in [-0.1, -0.05) is 29.8 Å². The normalized spacial score (nSPS) is 12.4. The standard InChI is InChI=1S/C15H13ClF3N/c1-9(11-3-2-4-14(18)15(11)19)20-8-10-5-6-13(17)12(16)7-10/h2-7,9,20H,8H2,1H3. The first-order valence-corrected chi connectivity index (χ1v) is 6.48. The molecule has 1 unspecified atom stereocenters. The van der Waals surface area contributed by atoms with Gasteiger partial charge in [0.1, 0.15) is 5.82 Å². The molecule has 2 aromatic rings. The largest absolute Gasteiger partial charge is 0.306 e. The lowest BCUT2D eigenvalue weighted by Crippen LogP contribution is -2.19. The number of hydrogen-bond donors (Lipinski definition) is 1. The van der Waals surface area contributed by atoms with Gasteiger partial charge in [-0.15, -0.1) is 0 Å². The van der Waals surface area contributed by atoms with E-state index in [9.17, 15) is 13.2 Å². The molecule has 5 heteroatoms. The van der Waals surface area contributed by atoms with Crippen LogP contribution in [0.15, 0.2) is 36.4 Å². The van der Waals surface area contributed by atoms with Gasteiger partial charge >= 0.3 is 0 Å². The van der Waals surface area contributed by atoms with Crippen LogP contribution in [0.2, 0.25) is 5.02 Å². The number of benzene rings is 2. The molecule has 0 heterocycles. The first-order chi connectivity index (χ1) is 9.49. The average molecular weight is 300 g/mol. The zero-order valence-electron chi connectivity index (χ0n) is 10.8. The number of rotatable bonds is 4. The third-order valence-electron chi connectivity index (χ3n) is 3.04. The van der Waals surface area contributed by atoms with Crippen LogP contribution in [-0.4, -0.2) is 0 Å². The van der Waals surface area contributed by atoms with Gasteiger partial charge in [0.2, 0.25) is 0 Å². The Morgan fingerprint density at radius 1 is 1.10 bits per heavy atom. The van der Waals surface area contributed by atoms with Crippen molar-refractivity contribution in [3.8, 4) is 0 Å². The molecule has 1 atom stereocenters. The van der Waals surface area contributed by atoms with Gasteiger partial charge in [0.25, 0.3) is 0 Å². The Morgan fingerprint density at radius 3 is 2.55 bits per heavy atom. The van der Waals surface area contributed by atoms with Gasteiger partial charge in [0.15, 0.2) is 11.6 Å². The van der Waals surface area contributed by atoms with Gasteiger partial charge in [-0.2, -0.15) is 0 Å². The monoisotopic (exact) mass is 299 g/mol. The SMILES string of the molecule is CC(NCc1ccc(F)c(Cl)c1)c1cccc(F)c1F. The fourth-order valence-electron chi connectivity index (χ4n) is 1.89. The third kappa shape index (κ3) is 3.32. The molecule has 0 fully saturated rings. The summed E-state index contributed by atoms with van der Waals surface area (Å²) in [7, 11) is 0. The number of nitrogens with one attached hydrogen (secondary N) is 1. The molecule has 0 saturated carbocycles. The lowest BCUT2D eigenvalue weighted by atomic mass is 10.1. The summed E-state index contributed by atoms with van der Waals surface area (Å²) >= 11 is 5.68. The molecule has 1 N–H and O–H groups in total. The first kappa shape index (κ1) is 14.9. The van der Waals surface area contributed by atoms with Crippen molar-refractivity contribution in [1.29, 1.82) is 0 Å². The van der Waals surface area contributed by atoms with Crippen molar-refractivity contribution in [3.63, 3.8) is 0 Å². The average Bonchev–Trinajstić information content (AvgIpc) is 2.43. The van der Waals surface area contributed by atoms with Gasteiger partial charge < -0.3 is 5.32 Å².